The topological polar surface area (TPSA) is 212 Å². The summed E-state index contributed by atoms with van der Waals surface area (Å²) in [5.74, 6) is -3.69. The summed E-state index contributed by atoms with van der Waals surface area (Å²) in [6.07, 6.45) is 0.746. The molecule has 3 rings (SSSR count). The predicted molar refractivity (Wildman–Crippen MR) is 157 cm³/mol. The number of imide groups is 1. The van der Waals surface area contributed by atoms with Gasteiger partial charge in [-0.05, 0) is 54.5 Å². The van der Waals surface area contributed by atoms with Crippen molar-refractivity contribution in [2.24, 2.45) is 17.4 Å². The first-order valence-corrected chi connectivity index (χ1v) is 13.8. The number of nitrogens with zero attached hydrogens (tertiary/aromatic N) is 2. The Morgan fingerprint density at radius 1 is 1.00 bits per heavy atom. The molecular formula is C29H39N7O6. The molecule has 0 aromatic heterocycles. The highest BCUT2D eigenvalue weighted by Crippen LogP contribution is 2.28. The van der Waals surface area contributed by atoms with Gasteiger partial charge >= 0.3 is 5.97 Å². The molecule has 13 heteroatoms. The Hall–Kier alpha value is -4.52. The fourth-order valence-electron chi connectivity index (χ4n) is 5.12. The Morgan fingerprint density at radius 3 is 2.05 bits per heavy atom. The van der Waals surface area contributed by atoms with E-state index in [2.05, 4.69) is 10.6 Å². The van der Waals surface area contributed by atoms with E-state index >= 15 is 0 Å². The van der Waals surface area contributed by atoms with Crippen molar-refractivity contribution in [2.75, 3.05) is 20.1 Å². The van der Waals surface area contributed by atoms with Gasteiger partial charge in [0.25, 0.3) is 11.8 Å². The number of hydrogen-bond acceptors (Lipinski definition) is 7. The Morgan fingerprint density at radius 2 is 1.57 bits per heavy atom. The number of guanidine groups is 1. The van der Waals surface area contributed by atoms with Crippen molar-refractivity contribution in [3.63, 3.8) is 0 Å². The number of carboxylic acid groups (broad SMARTS) is 1. The van der Waals surface area contributed by atoms with Gasteiger partial charge in [0.05, 0.1) is 17.2 Å². The number of aliphatic carboxylic acids is 1. The molecule has 0 unspecified atom stereocenters. The van der Waals surface area contributed by atoms with E-state index in [0.717, 1.165) is 15.7 Å². The van der Waals surface area contributed by atoms with Gasteiger partial charge in [-0.2, -0.15) is 0 Å². The minimum absolute atomic E-state index is 0.00791. The van der Waals surface area contributed by atoms with Crippen LogP contribution in [0.4, 0.5) is 0 Å². The highest BCUT2D eigenvalue weighted by Gasteiger charge is 2.38. The Kier molecular flexibility index (Phi) is 10.6. The van der Waals surface area contributed by atoms with Crippen molar-refractivity contribution >= 4 is 46.3 Å². The van der Waals surface area contributed by atoms with Gasteiger partial charge in [0.1, 0.15) is 12.1 Å². The number of benzene rings is 2. The number of rotatable bonds is 15. The van der Waals surface area contributed by atoms with E-state index in [4.69, 9.17) is 16.9 Å². The van der Waals surface area contributed by atoms with Crippen molar-refractivity contribution in [3.05, 3.63) is 47.5 Å². The molecule has 0 radical (unpaired) electrons. The molecule has 2 aromatic carbocycles. The van der Waals surface area contributed by atoms with Crippen LogP contribution in [-0.4, -0.2) is 88.7 Å². The van der Waals surface area contributed by atoms with Crippen molar-refractivity contribution in [3.8, 4) is 0 Å². The molecule has 3 atom stereocenters. The number of hydrogen-bond donors (Lipinski definition) is 6. The average molecular weight is 582 g/mol. The van der Waals surface area contributed by atoms with E-state index in [0.29, 0.717) is 13.0 Å². The number of carbonyl (C=O) groups is 5. The summed E-state index contributed by atoms with van der Waals surface area (Å²) in [7, 11) is 1.43. The highest BCUT2D eigenvalue weighted by molar-refractivity contribution is 6.23. The Bertz CT molecular complexity index is 1320. The van der Waals surface area contributed by atoms with Crippen LogP contribution in [0.3, 0.4) is 0 Å². The molecule has 0 bridgehead atoms. The second-order valence-electron chi connectivity index (χ2n) is 10.9. The summed E-state index contributed by atoms with van der Waals surface area (Å²) < 4.78 is 0. The molecule has 4 amide bonds. The van der Waals surface area contributed by atoms with Gasteiger partial charge in [-0.3, -0.25) is 39.6 Å². The van der Waals surface area contributed by atoms with Crippen molar-refractivity contribution < 1.29 is 29.1 Å². The molecule has 42 heavy (non-hydrogen) atoms. The summed E-state index contributed by atoms with van der Waals surface area (Å²) in [5.41, 5.74) is 11.4. The summed E-state index contributed by atoms with van der Waals surface area (Å²) in [5, 5.41) is 24.4. The van der Waals surface area contributed by atoms with Crippen LogP contribution >= 0.6 is 0 Å². The number of carbonyl (C=O) groups excluding carboxylic acids is 4. The molecular weight excluding hydrogens is 542 g/mol. The summed E-state index contributed by atoms with van der Waals surface area (Å²) in [6.45, 7) is 3.89. The largest absolute Gasteiger partial charge is 0.480 e. The molecule has 1 aliphatic heterocycles. The van der Waals surface area contributed by atoms with Crippen molar-refractivity contribution in [1.29, 1.82) is 5.41 Å². The molecule has 0 saturated heterocycles. The van der Waals surface area contributed by atoms with E-state index in [-0.39, 0.29) is 48.8 Å². The number of fused-ring (bicyclic) bond motifs is 2. The molecule has 0 saturated carbocycles. The molecule has 8 N–H and O–H groups in total. The monoisotopic (exact) mass is 581 g/mol. The smallest absolute Gasteiger partial charge is 0.320 e. The molecule has 13 nitrogen and oxygen atoms in total. The summed E-state index contributed by atoms with van der Waals surface area (Å²) >= 11 is 0. The standard InChI is InChI=1S/C29H39N7O6/c1-16(2)13-22(27(40)35(3)23(24(30)37)9-6-11-33-29(31)32)34-21(28(41)42)10-12-36-25(38)19-14-17-7-4-5-8-18(17)15-20(19)26(36)39/h4-5,7-8,14-16,21-23,34H,6,9-13H2,1-3H3,(H2,30,37)(H,41,42)(H4,31,32,33)/t21-,22+,23+/m1/s1. The zero-order valence-electron chi connectivity index (χ0n) is 24.1. The fourth-order valence-corrected chi connectivity index (χ4v) is 5.12. The number of amides is 4. The van der Waals surface area contributed by atoms with Gasteiger partial charge in [0.15, 0.2) is 5.96 Å². The van der Waals surface area contributed by atoms with Gasteiger partial charge in [-0.15, -0.1) is 0 Å². The van der Waals surface area contributed by atoms with Crippen molar-refractivity contribution in [1.82, 2.24) is 20.4 Å². The molecule has 2 aromatic rings. The van der Waals surface area contributed by atoms with Crippen LogP contribution < -0.4 is 22.1 Å². The van der Waals surface area contributed by atoms with E-state index in [1.165, 1.54) is 11.9 Å². The normalized spacial score (nSPS) is 14.9. The SMILES string of the molecule is CC(C)C[C@H](N[C@H](CCN1C(=O)c2cc3ccccc3cc2C1=O)C(=O)O)C(=O)N(C)[C@@H](CCCNC(=N)N)C(N)=O. The maximum Gasteiger partial charge on any atom is 0.320 e. The number of nitrogens with one attached hydrogen (secondary N) is 3. The molecule has 0 fully saturated rings. The lowest BCUT2D eigenvalue weighted by Gasteiger charge is -2.32. The highest BCUT2D eigenvalue weighted by atomic mass is 16.4. The first-order chi connectivity index (χ1) is 19.8. The van der Waals surface area contributed by atoms with E-state index < -0.39 is 47.7 Å². The van der Waals surface area contributed by atoms with Gasteiger partial charge in [0.2, 0.25) is 11.8 Å². The second-order valence-corrected chi connectivity index (χ2v) is 10.9. The van der Waals surface area contributed by atoms with Crippen LogP contribution in [0, 0.1) is 11.3 Å². The number of carboxylic acids is 1. The van der Waals surface area contributed by atoms with Gasteiger partial charge < -0.3 is 26.8 Å². The zero-order valence-corrected chi connectivity index (χ0v) is 24.1. The maximum atomic E-state index is 13.5. The summed E-state index contributed by atoms with van der Waals surface area (Å²) in [4.78, 5) is 66.4. The quantitative estimate of drug-likeness (QED) is 0.0760. The molecule has 226 valence electrons. The van der Waals surface area contributed by atoms with Crippen LogP contribution in [0.2, 0.25) is 0 Å². The van der Waals surface area contributed by atoms with Crippen LogP contribution in [0.1, 0.15) is 60.2 Å². The zero-order chi connectivity index (χ0) is 31.1. The lowest BCUT2D eigenvalue weighted by atomic mass is 9.99. The Labute approximate surface area is 244 Å². The van der Waals surface area contributed by atoms with Crippen LogP contribution in [-0.2, 0) is 14.4 Å². The first-order valence-electron chi connectivity index (χ1n) is 13.8. The molecule has 0 spiro atoms. The Balaban J connectivity index is 1.72. The first kappa shape index (κ1) is 32.0. The minimum Gasteiger partial charge on any atom is -0.480 e. The average Bonchev–Trinajstić information content (AvgIpc) is 3.15. The number of nitrogens with two attached hydrogens (primary N) is 2. The lowest BCUT2D eigenvalue weighted by molar-refractivity contribution is -0.143. The van der Waals surface area contributed by atoms with Crippen LogP contribution in [0.25, 0.3) is 10.8 Å². The van der Waals surface area contributed by atoms with Crippen LogP contribution in [0.5, 0.6) is 0 Å². The van der Waals surface area contributed by atoms with Gasteiger partial charge in [-0.25, -0.2) is 0 Å². The van der Waals surface area contributed by atoms with E-state index in [1.807, 2.05) is 38.1 Å². The fraction of sp³-hybridized carbons (Fsp3) is 0.448. The third-order valence-electron chi connectivity index (χ3n) is 7.30. The predicted octanol–water partition coefficient (Wildman–Crippen LogP) is 0.859. The number of primary amides is 1. The summed E-state index contributed by atoms with van der Waals surface area (Å²) in [6, 6.07) is 7.49. The molecule has 1 heterocycles. The third kappa shape index (κ3) is 7.60. The van der Waals surface area contributed by atoms with Crippen molar-refractivity contribution in [2.45, 2.75) is 57.7 Å². The third-order valence-corrected chi connectivity index (χ3v) is 7.30. The molecule has 1 aliphatic rings. The van der Waals surface area contributed by atoms with E-state index in [9.17, 15) is 29.1 Å². The van der Waals surface area contributed by atoms with E-state index in [1.54, 1.807) is 12.1 Å². The number of likely N-dealkylation sites (N-methyl/N-ethyl adjacent to an activating group) is 1. The second kappa shape index (κ2) is 13.9. The van der Waals surface area contributed by atoms with Gasteiger partial charge in [-0.1, -0.05) is 38.1 Å². The van der Waals surface area contributed by atoms with Crippen LogP contribution in [0.15, 0.2) is 36.4 Å². The van der Waals surface area contributed by atoms with Gasteiger partial charge in [0, 0.05) is 20.1 Å². The lowest BCUT2D eigenvalue weighted by Crippen LogP contribution is -2.56. The molecule has 0 aliphatic carbocycles. The minimum atomic E-state index is -1.26. The maximum absolute atomic E-state index is 13.5.